The highest BCUT2D eigenvalue weighted by Crippen LogP contribution is 2.25. The highest BCUT2D eigenvalue weighted by atomic mass is 127. The Labute approximate surface area is 163 Å². The van der Waals surface area contributed by atoms with Crippen LogP contribution in [-0.2, 0) is 10.2 Å². The van der Waals surface area contributed by atoms with Crippen LogP contribution in [0.2, 0.25) is 0 Å². The van der Waals surface area contributed by atoms with Gasteiger partial charge in [-0.15, -0.1) is 24.0 Å². The number of guanidine groups is 1. The minimum Gasteiger partial charge on any atom is -0.497 e. The molecule has 1 atom stereocenters. The van der Waals surface area contributed by atoms with Crippen LogP contribution < -0.4 is 15.4 Å². The second-order valence-electron chi connectivity index (χ2n) is 6.31. The molecule has 0 spiro atoms. The van der Waals surface area contributed by atoms with Crippen LogP contribution in [0, 0.1) is 0 Å². The quantitative estimate of drug-likeness (QED) is 0.364. The highest BCUT2D eigenvalue weighted by molar-refractivity contribution is 14.0. The molecule has 1 aromatic carbocycles. The normalized spacial score (nSPS) is 13.0. The average molecular weight is 449 g/mol. The monoisotopic (exact) mass is 449 g/mol. The van der Waals surface area contributed by atoms with E-state index in [9.17, 15) is 0 Å². The molecule has 0 saturated heterocycles. The smallest absolute Gasteiger partial charge is 0.191 e. The van der Waals surface area contributed by atoms with Gasteiger partial charge in [-0.3, -0.25) is 4.99 Å². The molecule has 2 N–H and O–H groups in total. The number of benzene rings is 1. The molecule has 0 heterocycles. The zero-order valence-electron chi connectivity index (χ0n) is 15.7. The van der Waals surface area contributed by atoms with Gasteiger partial charge >= 0.3 is 0 Å². The van der Waals surface area contributed by atoms with E-state index >= 15 is 0 Å². The molecule has 138 valence electrons. The number of hydrogen-bond donors (Lipinski definition) is 2. The Balaban J connectivity index is 0.00000529. The van der Waals surface area contributed by atoms with E-state index in [-0.39, 0.29) is 35.4 Å². The number of nitrogens with zero attached hydrogens (tertiary/aromatic N) is 1. The van der Waals surface area contributed by atoms with E-state index in [1.54, 1.807) is 14.2 Å². The third kappa shape index (κ3) is 7.70. The Morgan fingerprint density at radius 2 is 1.83 bits per heavy atom. The van der Waals surface area contributed by atoms with Crippen molar-refractivity contribution in [2.45, 2.75) is 39.2 Å². The zero-order chi connectivity index (χ0) is 17.3. The summed E-state index contributed by atoms with van der Waals surface area (Å²) in [5.41, 5.74) is 1.18. The summed E-state index contributed by atoms with van der Waals surface area (Å²) in [6.45, 7) is 10.7. The fraction of sp³-hybridized carbons (Fsp3) is 0.611. The molecule has 0 fully saturated rings. The van der Waals surface area contributed by atoms with E-state index in [1.165, 1.54) is 5.56 Å². The van der Waals surface area contributed by atoms with Crippen molar-refractivity contribution in [3.05, 3.63) is 29.8 Å². The van der Waals surface area contributed by atoms with Gasteiger partial charge in [0, 0.05) is 25.1 Å². The number of rotatable bonds is 8. The Kier molecular flexibility index (Phi) is 11.0. The van der Waals surface area contributed by atoms with Gasteiger partial charge in [0.2, 0.25) is 0 Å². The predicted octanol–water partition coefficient (Wildman–Crippen LogP) is 3.18. The van der Waals surface area contributed by atoms with Gasteiger partial charge < -0.3 is 20.1 Å². The molecular weight excluding hydrogens is 417 g/mol. The molecule has 0 aliphatic carbocycles. The number of hydrogen-bond acceptors (Lipinski definition) is 3. The van der Waals surface area contributed by atoms with Crippen molar-refractivity contribution in [1.82, 2.24) is 10.6 Å². The lowest BCUT2D eigenvalue weighted by molar-refractivity contribution is 0.179. The van der Waals surface area contributed by atoms with Gasteiger partial charge in [-0.2, -0.15) is 0 Å². The maximum atomic E-state index is 5.22. The maximum absolute atomic E-state index is 5.22. The minimum atomic E-state index is -0.0564. The summed E-state index contributed by atoms with van der Waals surface area (Å²) < 4.78 is 10.4. The molecule has 24 heavy (non-hydrogen) atoms. The molecule has 1 unspecified atom stereocenters. The number of ether oxygens (including phenoxy) is 2. The predicted molar refractivity (Wildman–Crippen MR) is 112 cm³/mol. The lowest BCUT2D eigenvalue weighted by atomic mass is 9.85. The van der Waals surface area contributed by atoms with Gasteiger partial charge in [0.1, 0.15) is 5.75 Å². The van der Waals surface area contributed by atoms with Crippen molar-refractivity contribution in [1.29, 1.82) is 0 Å². The Morgan fingerprint density at radius 3 is 2.33 bits per heavy atom. The molecule has 6 heteroatoms. The second kappa shape index (κ2) is 11.5. The Bertz CT molecular complexity index is 490. The molecule has 5 nitrogen and oxygen atoms in total. The van der Waals surface area contributed by atoms with E-state index in [1.807, 2.05) is 12.1 Å². The van der Waals surface area contributed by atoms with Crippen molar-refractivity contribution in [3.63, 3.8) is 0 Å². The van der Waals surface area contributed by atoms with Crippen LogP contribution in [0.4, 0.5) is 0 Å². The fourth-order valence-electron chi connectivity index (χ4n) is 2.26. The van der Waals surface area contributed by atoms with Crippen LogP contribution in [0.3, 0.4) is 0 Å². The molecule has 0 amide bonds. The first-order valence-electron chi connectivity index (χ1n) is 8.11. The first kappa shape index (κ1) is 23.0. The van der Waals surface area contributed by atoms with Crippen LogP contribution in [0.15, 0.2) is 29.3 Å². The molecule has 0 saturated carbocycles. The summed E-state index contributed by atoms with van der Waals surface area (Å²) in [7, 11) is 3.38. The molecule has 0 bridgehead atoms. The van der Waals surface area contributed by atoms with E-state index < -0.39 is 0 Å². The molecule has 0 aliphatic heterocycles. The third-order valence-electron chi connectivity index (χ3n) is 3.65. The molecular formula is C18H32IN3O2. The molecule has 0 aromatic heterocycles. The fourth-order valence-corrected chi connectivity index (χ4v) is 2.26. The minimum absolute atomic E-state index is 0. The standard InChI is InChI=1S/C18H31N3O2.HI/c1-7-19-17(21-14(2)12-22-5)20-13-18(3,4)15-8-10-16(23-6)11-9-15;/h8-11,14H,7,12-13H2,1-6H3,(H2,19,20,21);1H. The van der Waals surface area contributed by atoms with Gasteiger partial charge in [-0.25, -0.2) is 0 Å². The third-order valence-corrected chi connectivity index (χ3v) is 3.65. The van der Waals surface area contributed by atoms with E-state index in [2.05, 4.69) is 50.5 Å². The first-order valence-corrected chi connectivity index (χ1v) is 8.11. The van der Waals surface area contributed by atoms with Crippen LogP contribution >= 0.6 is 24.0 Å². The van der Waals surface area contributed by atoms with Gasteiger partial charge in [-0.1, -0.05) is 26.0 Å². The first-order chi connectivity index (χ1) is 10.9. The van der Waals surface area contributed by atoms with Crippen LogP contribution in [0.1, 0.15) is 33.3 Å². The molecule has 0 aliphatic rings. The summed E-state index contributed by atoms with van der Waals surface area (Å²) >= 11 is 0. The highest BCUT2D eigenvalue weighted by Gasteiger charge is 2.20. The van der Waals surface area contributed by atoms with E-state index in [0.29, 0.717) is 13.2 Å². The second-order valence-corrected chi connectivity index (χ2v) is 6.31. The maximum Gasteiger partial charge on any atom is 0.191 e. The van der Waals surface area contributed by atoms with Gasteiger partial charge in [-0.05, 0) is 31.5 Å². The number of aliphatic imine (C=N–C) groups is 1. The SMILES string of the molecule is CCNC(=NCC(C)(C)c1ccc(OC)cc1)NC(C)COC.I. The summed E-state index contributed by atoms with van der Waals surface area (Å²) in [4.78, 5) is 4.73. The number of methoxy groups -OCH3 is 2. The van der Waals surface area contributed by atoms with Crippen LogP contribution in [0.5, 0.6) is 5.75 Å². The van der Waals surface area contributed by atoms with Crippen LogP contribution in [0.25, 0.3) is 0 Å². The van der Waals surface area contributed by atoms with Crippen molar-refractivity contribution in [2.75, 3.05) is 33.9 Å². The average Bonchev–Trinajstić information content (AvgIpc) is 2.53. The Morgan fingerprint density at radius 1 is 1.21 bits per heavy atom. The summed E-state index contributed by atoms with van der Waals surface area (Å²) in [5, 5.41) is 6.63. The van der Waals surface area contributed by atoms with Crippen molar-refractivity contribution in [2.24, 2.45) is 4.99 Å². The van der Waals surface area contributed by atoms with Crippen LogP contribution in [-0.4, -0.2) is 45.9 Å². The largest absolute Gasteiger partial charge is 0.497 e. The van der Waals surface area contributed by atoms with E-state index in [4.69, 9.17) is 14.5 Å². The topological polar surface area (TPSA) is 54.9 Å². The van der Waals surface area contributed by atoms with Crippen molar-refractivity contribution < 1.29 is 9.47 Å². The molecule has 0 radical (unpaired) electrons. The van der Waals surface area contributed by atoms with Gasteiger partial charge in [0.05, 0.1) is 20.3 Å². The molecule has 1 rings (SSSR count). The number of halogens is 1. The summed E-state index contributed by atoms with van der Waals surface area (Å²) in [6.07, 6.45) is 0. The van der Waals surface area contributed by atoms with E-state index in [0.717, 1.165) is 18.3 Å². The van der Waals surface area contributed by atoms with Gasteiger partial charge in [0.15, 0.2) is 5.96 Å². The van der Waals surface area contributed by atoms with Crippen molar-refractivity contribution >= 4 is 29.9 Å². The summed E-state index contributed by atoms with van der Waals surface area (Å²) in [6, 6.07) is 8.39. The summed E-state index contributed by atoms with van der Waals surface area (Å²) in [5.74, 6) is 1.69. The van der Waals surface area contributed by atoms with Gasteiger partial charge in [0.25, 0.3) is 0 Å². The van der Waals surface area contributed by atoms with Crippen molar-refractivity contribution in [3.8, 4) is 5.75 Å². The number of nitrogens with one attached hydrogen (secondary N) is 2. The lowest BCUT2D eigenvalue weighted by Crippen LogP contribution is -2.44. The lowest BCUT2D eigenvalue weighted by Gasteiger charge is -2.25. The Hall–Kier alpha value is -1.02. The zero-order valence-corrected chi connectivity index (χ0v) is 18.0. The molecule has 1 aromatic rings.